The highest BCUT2D eigenvalue weighted by atomic mass is 32.2. The topological polar surface area (TPSA) is 53.3 Å². The quantitative estimate of drug-likeness (QED) is 0.640. The lowest BCUT2D eigenvalue weighted by molar-refractivity contribution is 0.0258. The zero-order valence-corrected chi connectivity index (χ0v) is 17.8. The molecular weight excluding hydrogens is 387 g/mol. The largest absolute Gasteiger partial charge is 0.444 e. The monoisotopic (exact) mass is 412 g/mol. The maximum atomic E-state index is 13.2. The first kappa shape index (κ1) is 21.2. The molecule has 0 unspecified atom stereocenters. The van der Waals surface area contributed by atoms with E-state index in [-0.39, 0.29) is 11.9 Å². The molecule has 0 spiro atoms. The van der Waals surface area contributed by atoms with Crippen molar-refractivity contribution in [3.63, 3.8) is 0 Å². The Hall–Kier alpha value is -2.52. The third-order valence-electron chi connectivity index (χ3n) is 4.71. The lowest BCUT2D eigenvalue weighted by atomic mass is 10.0. The molecule has 2 aromatic carbocycles. The highest BCUT2D eigenvalue weighted by Gasteiger charge is 2.25. The summed E-state index contributed by atoms with van der Waals surface area (Å²) in [6, 6.07) is 12.6. The van der Waals surface area contributed by atoms with Crippen LogP contribution in [0.4, 0.5) is 9.18 Å². The van der Waals surface area contributed by atoms with Gasteiger partial charge in [0, 0.05) is 23.7 Å². The number of amides is 1. The maximum absolute atomic E-state index is 13.2. The van der Waals surface area contributed by atoms with Gasteiger partial charge in [0.05, 0.1) is 5.56 Å². The van der Waals surface area contributed by atoms with Gasteiger partial charge < -0.3 is 9.64 Å². The summed E-state index contributed by atoms with van der Waals surface area (Å²) in [5.74, 6) is 0.397. The second-order valence-electron chi connectivity index (χ2n) is 8.07. The third-order valence-corrected chi connectivity index (χ3v) is 5.94. The van der Waals surface area contributed by atoms with Crippen LogP contribution in [0.25, 0.3) is 0 Å². The Morgan fingerprint density at radius 2 is 1.86 bits per heavy atom. The predicted molar refractivity (Wildman–Crippen MR) is 112 cm³/mol. The number of benzene rings is 2. The Morgan fingerprint density at radius 1 is 1.17 bits per heavy atom. The Balaban J connectivity index is 1.79. The zero-order valence-electron chi connectivity index (χ0n) is 17.0. The summed E-state index contributed by atoms with van der Waals surface area (Å²) in [6.45, 7) is 6.74. The van der Waals surface area contributed by atoms with Crippen LogP contribution in [0.3, 0.4) is 0 Å². The molecule has 0 radical (unpaired) electrons. The van der Waals surface area contributed by atoms with Crippen molar-refractivity contribution in [3.8, 4) is 6.07 Å². The van der Waals surface area contributed by atoms with Crippen molar-refractivity contribution in [1.29, 1.82) is 5.26 Å². The van der Waals surface area contributed by atoms with Crippen LogP contribution >= 0.6 is 11.8 Å². The molecule has 1 heterocycles. The van der Waals surface area contributed by atoms with E-state index >= 15 is 0 Å². The first-order valence-corrected chi connectivity index (χ1v) is 10.7. The predicted octanol–water partition coefficient (Wildman–Crippen LogP) is 5.33. The highest BCUT2D eigenvalue weighted by Crippen LogP contribution is 2.34. The molecule has 1 aliphatic rings. The van der Waals surface area contributed by atoms with Crippen molar-refractivity contribution in [2.45, 2.75) is 49.9 Å². The number of carbonyl (C=O) groups is 1. The van der Waals surface area contributed by atoms with Gasteiger partial charge in [0.2, 0.25) is 0 Å². The minimum Gasteiger partial charge on any atom is -0.444 e. The van der Waals surface area contributed by atoms with Crippen molar-refractivity contribution in [3.05, 3.63) is 64.5 Å². The molecule has 0 aromatic heterocycles. The molecule has 0 saturated heterocycles. The minimum atomic E-state index is -0.527. The smallest absolute Gasteiger partial charge is 0.410 e. The highest BCUT2D eigenvalue weighted by molar-refractivity contribution is 7.98. The van der Waals surface area contributed by atoms with Gasteiger partial charge in [0.1, 0.15) is 17.5 Å². The molecule has 1 aliphatic heterocycles. The van der Waals surface area contributed by atoms with Crippen molar-refractivity contribution >= 4 is 17.9 Å². The summed E-state index contributed by atoms with van der Waals surface area (Å²) >= 11 is 1.59. The van der Waals surface area contributed by atoms with E-state index in [2.05, 4.69) is 6.07 Å². The van der Waals surface area contributed by atoms with E-state index in [0.29, 0.717) is 30.8 Å². The molecule has 3 rings (SSSR count). The number of hydrogen-bond donors (Lipinski definition) is 0. The molecule has 4 nitrogen and oxygen atoms in total. The van der Waals surface area contributed by atoms with E-state index in [1.54, 1.807) is 28.8 Å². The SMILES string of the molecule is CC(C)(C)OC(=O)N1CCc2ccc(C#N)c(SCc3ccc(F)cc3)c2CC1. The van der Waals surface area contributed by atoms with E-state index in [0.717, 1.165) is 28.0 Å². The molecule has 0 saturated carbocycles. The molecule has 0 N–H and O–H groups in total. The van der Waals surface area contributed by atoms with Gasteiger partial charge >= 0.3 is 6.09 Å². The average Bonchev–Trinajstić information content (AvgIpc) is 2.89. The van der Waals surface area contributed by atoms with Gasteiger partial charge in [0.25, 0.3) is 0 Å². The maximum Gasteiger partial charge on any atom is 0.410 e. The Kier molecular flexibility index (Phi) is 6.49. The average molecular weight is 413 g/mol. The summed E-state index contributed by atoms with van der Waals surface area (Å²) in [7, 11) is 0. The van der Waals surface area contributed by atoms with Crippen LogP contribution in [-0.2, 0) is 23.3 Å². The fourth-order valence-electron chi connectivity index (χ4n) is 3.29. The summed E-state index contributed by atoms with van der Waals surface area (Å²) in [5, 5.41) is 9.59. The normalized spacial score (nSPS) is 14.0. The summed E-state index contributed by atoms with van der Waals surface area (Å²) in [6.07, 6.45) is 1.10. The van der Waals surface area contributed by atoms with Crippen LogP contribution in [0.5, 0.6) is 0 Å². The molecule has 0 fully saturated rings. The number of nitrogens with zero attached hydrogens (tertiary/aromatic N) is 2. The number of ether oxygens (including phenoxy) is 1. The minimum absolute atomic E-state index is 0.257. The molecule has 6 heteroatoms. The molecule has 152 valence electrons. The fourth-order valence-corrected chi connectivity index (χ4v) is 4.47. The lowest BCUT2D eigenvalue weighted by Crippen LogP contribution is -2.38. The van der Waals surface area contributed by atoms with Crippen LogP contribution in [0.15, 0.2) is 41.3 Å². The van der Waals surface area contributed by atoms with Gasteiger partial charge in [-0.15, -0.1) is 11.8 Å². The number of carbonyl (C=O) groups excluding carboxylic acids is 1. The first-order chi connectivity index (χ1) is 13.8. The van der Waals surface area contributed by atoms with Crippen molar-refractivity contribution in [1.82, 2.24) is 4.90 Å². The Bertz CT molecular complexity index is 930. The van der Waals surface area contributed by atoms with Crippen molar-refractivity contribution < 1.29 is 13.9 Å². The standard InChI is InChI=1S/C23H25FN2O2S/c1-23(2,3)28-22(27)26-12-10-17-6-7-18(14-25)21(20(17)11-13-26)29-15-16-4-8-19(24)9-5-16/h4-9H,10-13,15H2,1-3H3. The number of hydrogen-bond acceptors (Lipinski definition) is 4. The Labute approximate surface area is 175 Å². The molecular formula is C23H25FN2O2S. The van der Waals surface area contributed by atoms with Crippen LogP contribution in [0.2, 0.25) is 0 Å². The van der Waals surface area contributed by atoms with Crippen molar-refractivity contribution in [2.24, 2.45) is 0 Å². The molecule has 0 aliphatic carbocycles. The van der Waals surface area contributed by atoms with Gasteiger partial charge in [-0.05, 0) is 68.5 Å². The van der Waals surface area contributed by atoms with Gasteiger partial charge in [-0.1, -0.05) is 18.2 Å². The van der Waals surface area contributed by atoms with Crippen LogP contribution in [0, 0.1) is 17.1 Å². The van der Waals surface area contributed by atoms with E-state index in [1.165, 1.54) is 12.1 Å². The number of nitriles is 1. The van der Waals surface area contributed by atoms with E-state index in [4.69, 9.17) is 4.74 Å². The van der Waals surface area contributed by atoms with Gasteiger partial charge in [-0.25, -0.2) is 9.18 Å². The van der Waals surface area contributed by atoms with Gasteiger partial charge in [-0.2, -0.15) is 5.26 Å². The van der Waals surface area contributed by atoms with Crippen LogP contribution in [-0.4, -0.2) is 29.7 Å². The van der Waals surface area contributed by atoms with E-state index < -0.39 is 5.60 Å². The molecule has 29 heavy (non-hydrogen) atoms. The first-order valence-electron chi connectivity index (χ1n) is 9.67. The van der Waals surface area contributed by atoms with Gasteiger partial charge in [-0.3, -0.25) is 0 Å². The molecule has 1 amide bonds. The second-order valence-corrected chi connectivity index (χ2v) is 9.06. The fraction of sp³-hybridized carbons (Fsp3) is 0.391. The molecule has 0 atom stereocenters. The summed E-state index contributed by atoms with van der Waals surface area (Å²) in [4.78, 5) is 15.2. The van der Waals surface area contributed by atoms with Crippen LogP contribution in [0.1, 0.15) is 43.0 Å². The summed E-state index contributed by atoms with van der Waals surface area (Å²) < 4.78 is 18.7. The number of halogens is 1. The lowest BCUT2D eigenvalue weighted by Gasteiger charge is -2.26. The van der Waals surface area contributed by atoms with E-state index in [9.17, 15) is 14.4 Å². The molecule has 2 aromatic rings. The Morgan fingerprint density at radius 3 is 2.52 bits per heavy atom. The third kappa shape index (κ3) is 5.51. The number of thioether (sulfide) groups is 1. The summed E-state index contributed by atoms with van der Waals surface area (Å²) in [5.41, 5.74) is 3.41. The number of rotatable bonds is 3. The molecule has 0 bridgehead atoms. The van der Waals surface area contributed by atoms with E-state index in [1.807, 2.05) is 32.9 Å². The van der Waals surface area contributed by atoms with Crippen molar-refractivity contribution in [2.75, 3.05) is 13.1 Å². The van der Waals surface area contributed by atoms with Gasteiger partial charge in [0.15, 0.2) is 0 Å². The second kappa shape index (κ2) is 8.87. The van der Waals surface area contributed by atoms with Crippen LogP contribution < -0.4 is 0 Å². The number of fused-ring (bicyclic) bond motifs is 1. The zero-order chi connectivity index (χ0) is 21.0.